The molecule has 0 aromatic heterocycles. The molecule has 25 heavy (non-hydrogen) atoms. The van der Waals surface area contributed by atoms with E-state index in [0.29, 0.717) is 33.9 Å². The van der Waals surface area contributed by atoms with E-state index >= 15 is 0 Å². The minimum atomic E-state index is -0.516. The van der Waals surface area contributed by atoms with Crippen molar-refractivity contribution >= 4 is 46.3 Å². The van der Waals surface area contributed by atoms with E-state index in [1.807, 2.05) is 19.9 Å². The van der Waals surface area contributed by atoms with E-state index in [4.69, 9.17) is 21.7 Å². The highest BCUT2D eigenvalue weighted by Gasteiger charge is 2.33. The van der Waals surface area contributed by atoms with Crippen molar-refractivity contribution in [3.63, 3.8) is 0 Å². The highest BCUT2D eigenvalue weighted by Crippen LogP contribution is 2.34. The number of thiocarbonyl (C=S) groups is 1. The zero-order chi connectivity index (χ0) is 18.4. The molecule has 2 rings (SSSR count). The molecule has 0 aliphatic carbocycles. The lowest BCUT2D eigenvalue weighted by atomic mass is 10.2. The zero-order valence-electron chi connectivity index (χ0n) is 14.2. The number of nitrogens with zero attached hydrogens (tertiary/aromatic N) is 1. The second kappa shape index (κ2) is 8.87. The lowest BCUT2D eigenvalue weighted by Crippen LogP contribution is -2.33. The molecule has 1 heterocycles. The first kappa shape index (κ1) is 19.3. The maximum atomic E-state index is 12.4. The Balaban J connectivity index is 2.25. The summed E-state index contributed by atoms with van der Waals surface area (Å²) < 4.78 is 16.0. The summed E-state index contributed by atoms with van der Waals surface area (Å²) in [5.74, 6) is 0.437. The number of carbonyl (C=O) groups excluding carboxylic acids is 2. The van der Waals surface area contributed by atoms with Gasteiger partial charge in [-0.15, -0.1) is 0 Å². The van der Waals surface area contributed by atoms with Crippen molar-refractivity contribution in [1.82, 2.24) is 4.90 Å². The van der Waals surface area contributed by atoms with Gasteiger partial charge in [-0.25, -0.2) is 0 Å². The summed E-state index contributed by atoms with van der Waals surface area (Å²) in [6, 6.07) is 5.44. The van der Waals surface area contributed by atoms with Gasteiger partial charge in [-0.2, -0.15) is 0 Å². The van der Waals surface area contributed by atoms with Crippen LogP contribution >= 0.6 is 24.0 Å². The molecule has 0 saturated carbocycles. The molecule has 1 aliphatic heterocycles. The van der Waals surface area contributed by atoms with Crippen LogP contribution in [0, 0.1) is 0 Å². The summed E-state index contributed by atoms with van der Waals surface area (Å²) in [6.45, 7) is 4.64. The molecule has 0 atom stereocenters. The van der Waals surface area contributed by atoms with Gasteiger partial charge in [0, 0.05) is 0 Å². The molecule has 1 aromatic carbocycles. The number of amides is 1. The zero-order valence-corrected chi connectivity index (χ0v) is 15.9. The Hall–Kier alpha value is -2.06. The normalized spacial score (nSPS) is 15.6. The average Bonchev–Trinajstić information content (AvgIpc) is 2.85. The Morgan fingerprint density at radius 1 is 1.24 bits per heavy atom. The first-order valence-electron chi connectivity index (χ1n) is 7.72. The maximum Gasteiger partial charge on any atom is 0.325 e. The largest absolute Gasteiger partial charge is 0.490 e. The Kier molecular flexibility index (Phi) is 6.83. The molecule has 134 valence electrons. The van der Waals surface area contributed by atoms with Gasteiger partial charge in [0.1, 0.15) is 10.9 Å². The number of hydrogen-bond donors (Lipinski definition) is 0. The number of rotatable bonds is 7. The molecule has 8 heteroatoms. The van der Waals surface area contributed by atoms with Crippen LogP contribution in [0.4, 0.5) is 0 Å². The molecule has 0 unspecified atom stereocenters. The third-order valence-electron chi connectivity index (χ3n) is 3.25. The van der Waals surface area contributed by atoms with Gasteiger partial charge in [0.2, 0.25) is 0 Å². The van der Waals surface area contributed by atoms with Gasteiger partial charge in [0.15, 0.2) is 11.5 Å². The Bertz CT molecular complexity index is 717. The molecular weight excluding hydrogens is 362 g/mol. The predicted molar refractivity (Wildman–Crippen MR) is 101 cm³/mol. The van der Waals surface area contributed by atoms with Gasteiger partial charge in [-0.05, 0) is 37.6 Å². The minimum Gasteiger partial charge on any atom is -0.490 e. The van der Waals surface area contributed by atoms with Crippen molar-refractivity contribution < 1.29 is 23.8 Å². The van der Waals surface area contributed by atoms with Crippen molar-refractivity contribution in [1.29, 1.82) is 0 Å². The molecule has 1 saturated heterocycles. The van der Waals surface area contributed by atoms with Crippen LogP contribution in [0.1, 0.15) is 19.4 Å². The third kappa shape index (κ3) is 4.73. The molecule has 1 amide bonds. The van der Waals surface area contributed by atoms with Gasteiger partial charge in [-0.3, -0.25) is 14.5 Å². The van der Waals surface area contributed by atoms with E-state index in [0.717, 1.165) is 17.3 Å². The predicted octanol–water partition coefficient (Wildman–Crippen LogP) is 2.86. The van der Waals surface area contributed by atoms with Crippen LogP contribution in [0.2, 0.25) is 0 Å². The van der Waals surface area contributed by atoms with E-state index < -0.39 is 5.97 Å². The molecule has 0 bridgehead atoms. The van der Waals surface area contributed by atoms with Gasteiger partial charge in [0.05, 0.1) is 25.2 Å². The Morgan fingerprint density at radius 2 is 1.92 bits per heavy atom. The fraction of sp³-hybridized carbons (Fsp3) is 0.353. The second-order valence-corrected chi connectivity index (χ2v) is 6.59. The number of ether oxygens (including phenoxy) is 3. The topological polar surface area (TPSA) is 65.1 Å². The molecule has 0 radical (unpaired) electrons. The monoisotopic (exact) mass is 381 g/mol. The van der Waals surface area contributed by atoms with Crippen molar-refractivity contribution in [3.05, 3.63) is 28.7 Å². The first-order chi connectivity index (χ1) is 12.0. The fourth-order valence-electron chi connectivity index (χ4n) is 2.14. The van der Waals surface area contributed by atoms with Crippen molar-refractivity contribution in [3.8, 4) is 11.5 Å². The molecule has 6 nitrogen and oxygen atoms in total. The van der Waals surface area contributed by atoms with Crippen LogP contribution in [0.15, 0.2) is 23.1 Å². The van der Waals surface area contributed by atoms with Gasteiger partial charge in [-0.1, -0.05) is 30.0 Å². The fourth-order valence-corrected chi connectivity index (χ4v) is 3.39. The van der Waals surface area contributed by atoms with E-state index in [1.54, 1.807) is 18.2 Å². The summed E-state index contributed by atoms with van der Waals surface area (Å²) in [4.78, 5) is 25.5. The van der Waals surface area contributed by atoms with Crippen LogP contribution in [0.25, 0.3) is 6.08 Å². The molecule has 1 fully saturated rings. The number of benzene rings is 1. The van der Waals surface area contributed by atoms with Crippen molar-refractivity contribution in [2.24, 2.45) is 0 Å². The van der Waals surface area contributed by atoms with E-state index in [1.165, 1.54) is 12.0 Å². The van der Waals surface area contributed by atoms with E-state index in [2.05, 4.69) is 4.74 Å². The Labute approximate surface area is 156 Å². The second-order valence-electron chi connectivity index (χ2n) is 4.92. The van der Waals surface area contributed by atoms with Crippen LogP contribution < -0.4 is 9.47 Å². The standard InChI is InChI=1S/C17H19NO5S2/c1-4-22-12-7-6-11(8-13(12)23-5-2)9-14-16(20)18(17(24)25-14)10-15(19)21-3/h6-9H,4-5,10H2,1-3H3/b14-9-. The highest BCUT2D eigenvalue weighted by molar-refractivity contribution is 8.26. The number of esters is 1. The quantitative estimate of drug-likeness (QED) is 0.409. The lowest BCUT2D eigenvalue weighted by Gasteiger charge is -2.12. The summed E-state index contributed by atoms with van der Waals surface area (Å²) in [6.07, 6.45) is 1.72. The molecular formula is C17H19NO5S2. The van der Waals surface area contributed by atoms with Crippen LogP contribution in [0.5, 0.6) is 11.5 Å². The average molecular weight is 381 g/mol. The molecule has 1 aliphatic rings. The van der Waals surface area contributed by atoms with E-state index in [-0.39, 0.29) is 12.5 Å². The van der Waals surface area contributed by atoms with Crippen LogP contribution in [-0.2, 0) is 14.3 Å². The molecule has 1 aromatic rings. The van der Waals surface area contributed by atoms with Gasteiger partial charge < -0.3 is 14.2 Å². The summed E-state index contributed by atoms with van der Waals surface area (Å²) >= 11 is 6.33. The number of carbonyl (C=O) groups is 2. The van der Waals surface area contributed by atoms with Crippen LogP contribution in [-0.4, -0.2) is 48.0 Å². The van der Waals surface area contributed by atoms with Crippen molar-refractivity contribution in [2.45, 2.75) is 13.8 Å². The highest BCUT2D eigenvalue weighted by atomic mass is 32.2. The maximum absolute atomic E-state index is 12.4. The minimum absolute atomic E-state index is 0.189. The van der Waals surface area contributed by atoms with Crippen molar-refractivity contribution in [2.75, 3.05) is 26.9 Å². The SMILES string of the molecule is CCOc1ccc(/C=C2\SC(=S)N(CC(=O)OC)C2=O)cc1OCC. The number of thioether (sulfide) groups is 1. The molecule has 0 N–H and O–H groups in total. The Morgan fingerprint density at radius 3 is 2.56 bits per heavy atom. The summed E-state index contributed by atoms with van der Waals surface area (Å²) in [7, 11) is 1.27. The smallest absolute Gasteiger partial charge is 0.325 e. The van der Waals surface area contributed by atoms with Crippen LogP contribution in [0.3, 0.4) is 0 Å². The first-order valence-corrected chi connectivity index (χ1v) is 8.94. The molecule has 0 spiro atoms. The van der Waals surface area contributed by atoms with Gasteiger partial charge in [0.25, 0.3) is 5.91 Å². The van der Waals surface area contributed by atoms with E-state index in [9.17, 15) is 9.59 Å². The summed E-state index contributed by atoms with van der Waals surface area (Å²) in [5.41, 5.74) is 0.783. The van der Waals surface area contributed by atoms with Gasteiger partial charge >= 0.3 is 5.97 Å². The number of hydrogen-bond acceptors (Lipinski definition) is 7. The lowest BCUT2D eigenvalue weighted by molar-refractivity contribution is -0.143. The summed E-state index contributed by atoms with van der Waals surface area (Å²) in [5, 5.41) is 0. The third-order valence-corrected chi connectivity index (χ3v) is 4.63. The number of methoxy groups -OCH3 is 1.